The fraction of sp³-hybridized carbons (Fsp3) is 0.526. The van der Waals surface area contributed by atoms with Crippen molar-refractivity contribution >= 4 is 17.8 Å². The Hall–Kier alpha value is -2.57. The minimum absolute atomic E-state index is 0.0574. The molecular weight excluding hydrogens is 332 g/mol. The summed E-state index contributed by atoms with van der Waals surface area (Å²) in [7, 11) is 0. The molecule has 26 heavy (non-hydrogen) atoms. The number of piperidine rings is 1. The number of nitrogens with two attached hydrogens (primary N) is 1. The summed E-state index contributed by atoms with van der Waals surface area (Å²) >= 11 is 0. The predicted octanol–water partition coefficient (Wildman–Crippen LogP) is 1.03. The zero-order valence-electron chi connectivity index (χ0n) is 15.1. The Morgan fingerprint density at radius 2 is 1.77 bits per heavy atom. The van der Waals surface area contributed by atoms with E-state index in [0.29, 0.717) is 32.0 Å². The van der Waals surface area contributed by atoms with Crippen LogP contribution >= 0.6 is 0 Å². The molecule has 0 atom stereocenters. The van der Waals surface area contributed by atoms with Gasteiger partial charge in [-0.15, -0.1) is 0 Å². The van der Waals surface area contributed by atoms with E-state index in [1.54, 1.807) is 4.90 Å². The van der Waals surface area contributed by atoms with Crippen molar-refractivity contribution in [3.63, 3.8) is 0 Å². The van der Waals surface area contributed by atoms with Gasteiger partial charge in [-0.25, -0.2) is 4.79 Å². The van der Waals surface area contributed by atoms with Crippen LogP contribution in [-0.2, 0) is 16.0 Å². The fourth-order valence-electron chi connectivity index (χ4n) is 3.11. The number of likely N-dealkylation sites (tertiary alicyclic amines) is 1. The summed E-state index contributed by atoms with van der Waals surface area (Å²) in [6, 6.07) is 9.47. The maximum atomic E-state index is 12.0. The van der Waals surface area contributed by atoms with E-state index < -0.39 is 6.03 Å². The molecule has 1 aliphatic heterocycles. The summed E-state index contributed by atoms with van der Waals surface area (Å²) in [6.45, 7) is 1.89. The molecule has 1 heterocycles. The van der Waals surface area contributed by atoms with Crippen LogP contribution in [0.5, 0.6) is 0 Å². The summed E-state index contributed by atoms with van der Waals surface area (Å²) in [6.07, 6.45) is 3.99. The van der Waals surface area contributed by atoms with Gasteiger partial charge in [0.1, 0.15) is 0 Å². The van der Waals surface area contributed by atoms with E-state index in [1.807, 2.05) is 18.2 Å². The number of hydrogen-bond acceptors (Lipinski definition) is 3. The van der Waals surface area contributed by atoms with Crippen LogP contribution in [0.1, 0.15) is 31.2 Å². The highest BCUT2D eigenvalue weighted by Crippen LogP contribution is 2.16. The van der Waals surface area contributed by atoms with E-state index in [9.17, 15) is 14.4 Å². The predicted molar refractivity (Wildman–Crippen MR) is 99.3 cm³/mol. The van der Waals surface area contributed by atoms with Gasteiger partial charge in [-0.1, -0.05) is 30.3 Å². The van der Waals surface area contributed by atoms with Crippen LogP contribution < -0.4 is 16.4 Å². The lowest BCUT2D eigenvalue weighted by Crippen LogP contribution is -2.46. The average molecular weight is 360 g/mol. The largest absolute Gasteiger partial charge is 0.356 e. The van der Waals surface area contributed by atoms with E-state index in [4.69, 9.17) is 5.73 Å². The van der Waals surface area contributed by atoms with E-state index in [-0.39, 0.29) is 18.4 Å². The van der Waals surface area contributed by atoms with Crippen molar-refractivity contribution in [3.8, 4) is 0 Å². The first-order valence-electron chi connectivity index (χ1n) is 9.16. The Labute approximate surface area is 154 Å². The van der Waals surface area contributed by atoms with Crippen LogP contribution in [0.25, 0.3) is 0 Å². The molecule has 0 aromatic heterocycles. The summed E-state index contributed by atoms with van der Waals surface area (Å²) < 4.78 is 0. The molecule has 1 aliphatic rings. The molecule has 1 fully saturated rings. The van der Waals surface area contributed by atoms with Crippen molar-refractivity contribution in [1.29, 1.82) is 0 Å². The molecule has 7 heteroatoms. The third-order valence-corrected chi connectivity index (χ3v) is 4.68. The highest BCUT2D eigenvalue weighted by molar-refractivity contribution is 5.83. The number of hydrogen-bond donors (Lipinski definition) is 3. The molecule has 4 N–H and O–H groups in total. The van der Waals surface area contributed by atoms with Gasteiger partial charge < -0.3 is 21.3 Å². The topological polar surface area (TPSA) is 105 Å². The highest BCUT2D eigenvalue weighted by atomic mass is 16.2. The van der Waals surface area contributed by atoms with Crippen LogP contribution in [-0.4, -0.2) is 48.9 Å². The van der Waals surface area contributed by atoms with E-state index in [2.05, 4.69) is 22.8 Å². The van der Waals surface area contributed by atoms with Gasteiger partial charge in [-0.2, -0.15) is 0 Å². The van der Waals surface area contributed by atoms with Gasteiger partial charge in [-0.05, 0) is 37.2 Å². The third-order valence-electron chi connectivity index (χ3n) is 4.68. The summed E-state index contributed by atoms with van der Waals surface area (Å²) in [4.78, 5) is 36.2. The van der Waals surface area contributed by atoms with Crippen LogP contribution in [0.4, 0.5) is 4.79 Å². The monoisotopic (exact) mass is 360 g/mol. The number of carbonyl (C=O) groups excluding carboxylic acids is 3. The van der Waals surface area contributed by atoms with Gasteiger partial charge in [0.25, 0.3) is 0 Å². The molecule has 0 saturated carbocycles. The minimum atomic E-state index is -0.691. The van der Waals surface area contributed by atoms with E-state index >= 15 is 0 Å². The average Bonchev–Trinajstić information content (AvgIpc) is 2.65. The van der Waals surface area contributed by atoms with Gasteiger partial charge in [0.2, 0.25) is 11.8 Å². The molecular formula is C19H28N4O3. The second-order valence-electron chi connectivity index (χ2n) is 6.69. The molecule has 0 spiro atoms. The van der Waals surface area contributed by atoms with Crippen molar-refractivity contribution in [1.82, 2.24) is 15.5 Å². The molecule has 0 radical (unpaired) electrons. The van der Waals surface area contributed by atoms with Crippen molar-refractivity contribution in [2.45, 2.75) is 32.1 Å². The molecule has 7 nitrogen and oxygen atoms in total. The minimum Gasteiger partial charge on any atom is -0.356 e. The second-order valence-corrected chi connectivity index (χ2v) is 6.69. The Kier molecular flexibility index (Phi) is 7.92. The number of primary amides is 1. The number of nitrogens with one attached hydrogen (secondary N) is 2. The van der Waals surface area contributed by atoms with E-state index in [1.165, 1.54) is 5.56 Å². The molecule has 0 bridgehead atoms. The first kappa shape index (κ1) is 19.8. The normalized spacial score (nSPS) is 14.7. The lowest BCUT2D eigenvalue weighted by Gasteiger charge is -2.32. The van der Waals surface area contributed by atoms with Crippen molar-refractivity contribution in [2.24, 2.45) is 11.7 Å². The van der Waals surface area contributed by atoms with Gasteiger partial charge in [-0.3, -0.25) is 9.59 Å². The van der Waals surface area contributed by atoms with Crippen LogP contribution in [0.2, 0.25) is 0 Å². The van der Waals surface area contributed by atoms with Crippen molar-refractivity contribution in [2.75, 3.05) is 26.2 Å². The van der Waals surface area contributed by atoms with Crippen LogP contribution in [0, 0.1) is 5.92 Å². The standard InChI is InChI=1S/C19H28N4O3/c20-19(26)22-14-18(25)23-11-9-16(10-12-23)13-21-17(24)8-4-7-15-5-2-1-3-6-15/h1-3,5-6,16H,4,7-14H2,(H,21,24)(H3,20,22,26). The summed E-state index contributed by atoms with van der Waals surface area (Å²) in [5, 5.41) is 5.32. The number of urea groups is 1. The van der Waals surface area contributed by atoms with E-state index in [0.717, 1.165) is 25.7 Å². The Bertz CT molecular complexity index is 598. The first-order valence-corrected chi connectivity index (χ1v) is 9.16. The maximum absolute atomic E-state index is 12.0. The molecule has 1 saturated heterocycles. The molecule has 0 unspecified atom stereocenters. The Balaban J connectivity index is 1.57. The molecule has 1 aromatic carbocycles. The van der Waals surface area contributed by atoms with Crippen LogP contribution in [0.15, 0.2) is 30.3 Å². The number of aryl methyl sites for hydroxylation is 1. The molecule has 0 aliphatic carbocycles. The second kappa shape index (κ2) is 10.4. The van der Waals surface area contributed by atoms with Crippen molar-refractivity contribution < 1.29 is 14.4 Å². The van der Waals surface area contributed by atoms with Gasteiger partial charge >= 0.3 is 6.03 Å². The number of rotatable bonds is 8. The lowest BCUT2D eigenvalue weighted by molar-refractivity contribution is -0.131. The van der Waals surface area contributed by atoms with Gasteiger partial charge in [0.15, 0.2) is 0 Å². The summed E-state index contributed by atoms with van der Waals surface area (Å²) in [5.41, 5.74) is 6.22. The molecule has 1 aromatic rings. The van der Waals surface area contributed by atoms with Crippen molar-refractivity contribution in [3.05, 3.63) is 35.9 Å². The number of benzene rings is 1. The maximum Gasteiger partial charge on any atom is 0.312 e. The lowest BCUT2D eigenvalue weighted by atomic mass is 9.96. The SMILES string of the molecule is NC(=O)NCC(=O)N1CCC(CNC(=O)CCCc2ccccc2)CC1. The van der Waals surface area contributed by atoms with Crippen LogP contribution in [0.3, 0.4) is 0 Å². The Morgan fingerprint density at radius 3 is 2.42 bits per heavy atom. The van der Waals surface area contributed by atoms with Gasteiger partial charge in [0, 0.05) is 26.1 Å². The quantitative estimate of drug-likeness (QED) is 0.645. The number of amides is 4. The third kappa shape index (κ3) is 7.13. The highest BCUT2D eigenvalue weighted by Gasteiger charge is 2.23. The zero-order valence-corrected chi connectivity index (χ0v) is 15.1. The summed E-state index contributed by atoms with van der Waals surface area (Å²) in [5.74, 6) is 0.360. The fourth-order valence-corrected chi connectivity index (χ4v) is 3.11. The first-order chi connectivity index (χ1) is 12.5. The Morgan fingerprint density at radius 1 is 1.08 bits per heavy atom. The smallest absolute Gasteiger partial charge is 0.312 e. The molecule has 2 rings (SSSR count). The number of nitrogens with zero attached hydrogens (tertiary/aromatic N) is 1. The zero-order chi connectivity index (χ0) is 18.8. The number of carbonyl (C=O) groups is 3. The molecule has 4 amide bonds. The van der Waals surface area contributed by atoms with Gasteiger partial charge in [0.05, 0.1) is 6.54 Å². The molecule has 142 valence electrons.